The lowest BCUT2D eigenvalue weighted by Gasteiger charge is -2.10. The average Bonchev–Trinajstić information content (AvgIpc) is 2.92. The van der Waals surface area contributed by atoms with Crippen LogP contribution in [0.3, 0.4) is 0 Å². The van der Waals surface area contributed by atoms with Gasteiger partial charge in [-0.15, -0.1) is 0 Å². The second-order valence-corrected chi connectivity index (χ2v) is 8.19. The van der Waals surface area contributed by atoms with E-state index >= 15 is 0 Å². The van der Waals surface area contributed by atoms with E-state index in [0.717, 1.165) is 0 Å². The lowest BCUT2D eigenvalue weighted by molar-refractivity contribution is 0.278. The van der Waals surface area contributed by atoms with Gasteiger partial charge in [-0.05, 0) is 36.4 Å². The molecule has 3 N–H and O–H groups in total. The van der Waals surface area contributed by atoms with Gasteiger partial charge in [0.1, 0.15) is 0 Å². The topological polar surface area (TPSA) is 70.4 Å². The first kappa shape index (κ1) is 33.2. The van der Waals surface area contributed by atoms with Crippen LogP contribution in [0.15, 0.2) is 127 Å². The first-order chi connectivity index (χ1) is 17.6. The highest BCUT2D eigenvalue weighted by atomic mass is 16.5. The summed E-state index contributed by atoms with van der Waals surface area (Å²) in [5, 5.41) is 21.5. The number of rotatable bonds is 3. The normalized spacial score (nSPS) is 8.68. The Labute approximate surface area is 223 Å². The molecule has 4 rings (SSSR count). The van der Waals surface area contributed by atoms with Crippen LogP contribution < -0.4 is 14.7 Å². The van der Waals surface area contributed by atoms with E-state index in [0.29, 0.717) is 0 Å². The molecule has 0 bridgehead atoms. The van der Waals surface area contributed by atoms with Crippen molar-refractivity contribution in [3.8, 4) is 0 Å². The molecule has 0 unspecified atom stereocenters. The first-order valence-corrected chi connectivity index (χ1v) is 11.9. The fourth-order valence-electron chi connectivity index (χ4n) is 2.56. The summed E-state index contributed by atoms with van der Waals surface area (Å²) < 4.78 is 0. The zero-order chi connectivity index (χ0) is 27.9. The Balaban J connectivity index is 0.000000450. The summed E-state index contributed by atoms with van der Waals surface area (Å²) in [5.41, 5.74) is 3.74. The summed E-state index contributed by atoms with van der Waals surface area (Å²) in [5.74, 6) is 0. The van der Waals surface area contributed by atoms with E-state index in [2.05, 4.69) is 51.1 Å². The van der Waals surface area contributed by atoms with E-state index < -0.39 is 7.32 Å². The second-order valence-electron chi connectivity index (χ2n) is 8.19. The van der Waals surface area contributed by atoms with E-state index in [4.69, 9.17) is 15.1 Å². The van der Waals surface area contributed by atoms with Gasteiger partial charge >= 0.3 is 7.32 Å². The molecule has 4 aromatic rings. The highest BCUT2D eigenvalue weighted by molar-refractivity contribution is 6.30. The minimum atomic E-state index is -2.17. The van der Waals surface area contributed by atoms with Gasteiger partial charge in [0, 0.05) is 59.3 Å². The largest absolute Gasteiger partial charge is 0.631 e. The Morgan fingerprint density at radius 2 is 0.486 bits per heavy atom. The van der Waals surface area contributed by atoms with Crippen molar-refractivity contribution in [1.29, 1.82) is 0 Å². The van der Waals surface area contributed by atoms with Gasteiger partial charge in [0.05, 0.1) is 0 Å². The summed E-state index contributed by atoms with van der Waals surface area (Å²) in [6, 6.07) is 42.8. The molecule has 0 heterocycles. The van der Waals surface area contributed by atoms with Crippen molar-refractivity contribution in [2.24, 2.45) is 0 Å². The quantitative estimate of drug-likeness (QED) is 0.346. The minimum absolute atomic E-state index is 1.25. The second kappa shape index (κ2) is 21.5. The van der Waals surface area contributed by atoms with Crippen LogP contribution in [0, 0.1) is 0 Å². The number of anilines is 3. The molecule has 0 fully saturated rings. The molecule has 0 aliphatic rings. The Hall–Kier alpha value is -3.78. The molecule has 198 valence electrons. The van der Waals surface area contributed by atoms with Crippen molar-refractivity contribution in [1.82, 2.24) is 0 Å². The molecule has 0 saturated carbocycles. The first-order valence-electron chi connectivity index (χ1n) is 11.9. The Kier molecular flexibility index (Phi) is 19.3. The molecule has 0 saturated heterocycles. The lowest BCUT2D eigenvalue weighted by atomic mass is 10.3. The van der Waals surface area contributed by atoms with Crippen molar-refractivity contribution in [3.63, 3.8) is 0 Å². The fraction of sp³-hybridized carbons (Fsp3) is 0.200. The highest BCUT2D eigenvalue weighted by Crippen LogP contribution is 2.08. The van der Waals surface area contributed by atoms with Gasteiger partial charge in [-0.2, -0.15) is 0 Å². The molecule has 0 spiro atoms. The predicted octanol–water partition coefficient (Wildman–Crippen LogP) is 4.89. The van der Waals surface area contributed by atoms with Crippen molar-refractivity contribution >= 4 is 24.4 Å². The SMILES string of the molecule is CN(C)c1ccccc1.CN(C)c1ccccc1.CN(C)c1ccccc1.OB(O)O.c1ccccc1. The zero-order valence-corrected chi connectivity index (χ0v) is 22.9. The molecule has 0 aromatic heterocycles. The van der Waals surface area contributed by atoms with Crippen LogP contribution in [0.2, 0.25) is 0 Å². The predicted molar refractivity (Wildman–Crippen MR) is 161 cm³/mol. The highest BCUT2D eigenvalue weighted by Gasteiger charge is 1.92. The van der Waals surface area contributed by atoms with Crippen molar-refractivity contribution in [2.45, 2.75) is 0 Å². The number of para-hydroxylation sites is 3. The van der Waals surface area contributed by atoms with Crippen molar-refractivity contribution in [3.05, 3.63) is 127 Å². The zero-order valence-electron chi connectivity index (χ0n) is 22.9. The molecule has 6 nitrogen and oxygen atoms in total. The van der Waals surface area contributed by atoms with Crippen LogP contribution in [-0.4, -0.2) is 64.7 Å². The summed E-state index contributed by atoms with van der Waals surface area (Å²) in [6.07, 6.45) is 0. The molecular formula is C30H42BN3O3. The third-order valence-corrected chi connectivity index (χ3v) is 4.48. The molecule has 0 radical (unpaired) electrons. The van der Waals surface area contributed by atoms with E-state index in [-0.39, 0.29) is 0 Å². The number of hydrogen-bond donors (Lipinski definition) is 3. The molecule has 37 heavy (non-hydrogen) atoms. The van der Waals surface area contributed by atoms with Crippen molar-refractivity contribution in [2.75, 3.05) is 57.0 Å². The summed E-state index contributed by atoms with van der Waals surface area (Å²) in [6.45, 7) is 0. The Morgan fingerprint density at radius 3 is 0.595 bits per heavy atom. The summed E-state index contributed by atoms with van der Waals surface area (Å²) in [4.78, 5) is 6.25. The van der Waals surface area contributed by atoms with Crippen LogP contribution in [0.1, 0.15) is 0 Å². The van der Waals surface area contributed by atoms with E-state index in [9.17, 15) is 0 Å². The van der Waals surface area contributed by atoms with Crippen LogP contribution in [0.4, 0.5) is 17.1 Å². The summed E-state index contributed by atoms with van der Waals surface area (Å²) in [7, 11) is 10.1. The van der Waals surface area contributed by atoms with Crippen LogP contribution in [0.25, 0.3) is 0 Å². The van der Waals surface area contributed by atoms with Crippen molar-refractivity contribution < 1.29 is 15.1 Å². The van der Waals surface area contributed by atoms with Gasteiger partial charge in [-0.25, -0.2) is 0 Å². The Morgan fingerprint density at radius 1 is 0.351 bits per heavy atom. The molecule has 0 atom stereocenters. The third-order valence-electron chi connectivity index (χ3n) is 4.48. The maximum atomic E-state index is 7.17. The van der Waals surface area contributed by atoms with E-state index in [1.165, 1.54) is 17.1 Å². The standard InChI is InChI=1S/3C8H11N.C6H6.BH3O3/c3*1-9(2)8-6-4-3-5-7-8;1-2-4-6-5-3-1;2-1(3)4/h3*3-7H,1-2H3;1-6H;2-4H. The van der Waals surface area contributed by atoms with Gasteiger partial charge < -0.3 is 29.8 Å². The number of nitrogens with zero attached hydrogens (tertiary/aromatic N) is 3. The fourth-order valence-corrected chi connectivity index (χ4v) is 2.56. The Bertz CT molecular complexity index is 857. The molecule has 0 amide bonds. The third kappa shape index (κ3) is 20.1. The number of hydrogen-bond acceptors (Lipinski definition) is 6. The molecule has 0 aliphatic heterocycles. The van der Waals surface area contributed by atoms with Gasteiger partial charge in [0.15, 0.2) is 0 Å². The van der Waals surface area contributed by atoms with Gasteiger partial charge in [0.25, 0.3) is 0 Å². The molecule has 7 heteroatoms. The average molecular weight is 503 g/mol. The van der Waals surface area contributed by atoms with Crippen LogP contribution in [-0.2, 0) is 0 Å². The maximum absolute atomic E-state index is 7.17. The van der Waals surface area contributed by atoms with Crippen LogP contribution in [0.5, 0.6) is 0 Å². The molecule has 4 aromatic carbocycles. The van der Waals surface area contributed by atoms with E-state index in [1.807, 2.05) is 133 Å². The van der Waals surface area contributed by atoms with E-state index in [1.54, 1.807) is 0 Å². The van der Waals surface area contributed by atoms with Gasteiger partial charge in [0.2, 0.25) is 0 Å². The lowest BCUT2D eigenvalue weighted by Crippen LogP contribution is -2.07. The monoisotopic (exact) mass is 503 g/mol. The summed E-state index contributed by atoms with van der Waals surface area (Å²) >= 11 is 0. The number of benzene rings is 4. The smallest absolute Gasteiger partial charge is 0.402 e. The van der Waals surface area contributed by atoms with Crippen LogP contribution >= 0.6 is 0 Å². The molecular weight excluding hydrogens is 461 g/mol. The van der Waals surface area contributed by atoms with Gasteiger partial charge in [-0.3, -0.25) is 0 Å². The molecule has 0 aliphatic carbocycles. The minimum Gasteiger partial charge on any atom is -0.402 e. The maximum Gasteiger partial charge on any atom is 0.631 e. The van der Waals surface area contributed by atoms with Gasteiger partial charge in [-0.1, -0.05) is 91.0 Å².